The molecule has 2 aromatic rings. The van der Waals surface area contributed by atoms with Crippen LogP contribution in [0.5, 0.6) is 5.75 Å². The van der Waals surface area contributed by atoms with Gasteiger partial charge in [0.1, 0.15) is 17.6 Å². The first kappa shape index (κ1) is 26.4. The van der Waals surface area contributed by atoms with Crippen LogP contribution in [0.2, 0.25) is 0 Å². The van der Waals surface area contributed by atoms with Gasteiger partial charge in [0.15, 0.2) is 5.11 Å². The van der Waals surface area contributed by atoms with Crippen LogP contribution < -0.4 is 20.7 Å². The monoisotopic (exact) mass is 502 g/mol. The van der Waals surface area contributed by atoms with E-state index in [4.69, 9.17) is 21.7 Å². The number of hydrogen-bond donors (Lipinski definition) is 3. The van der Waals surface area contributed by atoms with E-state index in [0.717, 1.165) is 0 Å². The SMILES string of the molecule is COCCNC(=O)[C@H](NC(=O)c1ccc(OC)cc1)C1CCN(C(=S)Nc2ccc(F)cc2)CC1. The standard InChI is InChI=1S/C25H31FN4O4S/c1-33-16-13-27-24(32)22(29-23(31)18-3-9-21(34-2)10-4-18)17-11-14-30(15-12-17)25(35)28-20-7-5-19(26)6-8-20/h3-10,17,22H,11-16H2,1-2H3,(H,27,32)(H,28,35)(H,29,31)/t22-/m1/s1. The zero-order valence-electron chi connectivity index (χ0n) is 19.9. The molecule has 0 spiro atoms. The third-order valence-corrected chi connectivity index (χ3v) is 6.28. The Hall–Kier alpha value is -3.24. The summed E-state index contributed by atoms with van der Waals surface area (Å²) in [5.74, 6) is -0.295. The predicted octanol–water partition coefficient (Wildman–Crippen LogP) is 2.80. The van der Waals surface area contributed by atoms with Crippen molar-refractivity contribution in [1.82, 2.24) is 15.5 Å². The number of benzene rings is 2. The van der Waals surface area contributed by atoms with Crippen molar-refractivity contribution in [3.05, 3.63) is 59.9 Å². The predicted molar refractivity (Wildman–Crippen MR) is 136 cm³/mol. The number of nitrogens with zero attached hydrogens (tertiary/aromatic N) is 1. The first-order chi connectivity index (χ1) is 16.9. The zero-order valence-corrected chi connectivity index (χ0v) is 20.7. The molecule has 8 nitrogen and oxygen atoms in total. The first-order valence-corrected chi connectivity index (χ1v) is 11.8. The van der Waals surface area contributed by atoms with E-state index < -0.39 is 6.04 Å². The van der Waals surface area contributed by atoms with Crippen molar-refractivity contribution < 1.29 is 23.5 Å². The van der Waals surface area contributed by atoms with Gasteiger partial charge in [-0.25, -0.2) is 4.39 Å². The van der Waals surface area contributed by atoms with Crippen molar-refractivity contribution in [2.24, 2.45) is 5.92 Å². The lowest BCUT2D eigenvalue weighted by Gasteiger charge is -2.37. The molecule has 0 aromatic heterocycles. The lowest BCUT2D eigenvalue weighted by Crippen LogP contribution is -2.54. The molecule has 0 unspecified atom stereocenters. The van der Waals surface area contributed by atoms with E-state index in [1.54, 1.807) is 50.6 Å². The smallest absolute Gasteiger partial charge is 0.251 e. The van der Waals surface area contributed by atoms with E-state index in [1.807, 2.05) is 4.90 Å². The number of thiocarbonyl (C=S) groups is 1. The van der Waals surface area contributed by atoms with Gasteiger partial charge in [0.05, 0.1) is 13.7 Å². The Balaban J connectivity index is 1.62. The second kappa shape index (κ2) is 13.0. The molecular weight excluding hydrogens is 471 g/mol. The number of nitrogens with one attached hydrogen (secondary N) is 3. The summed E-state index contributed by atoms with van der Waals surface area (Å²) in [6, 6.07) is 12.0. The highest BCUT2D eigenvalue weighted by atomic mass is 32.1. The van der Waals surface area contributed by atoms with E-state index >= 15 is 0 Å². The van der Waals surface area contributed by atoms with Crippen molar-refractivity contribution in [1.29, 1.82) is 0 Å². The van der Waals surface area contributed by atoms with Crippen LogP contribution in [0.15, 0.2) is 48.5 Å². The summed E-state index contributed by atoms with van der Waals surface area (Å²) in [7, 11) is 3.12. The summed E-state index contributed by atoms with van der Waals surface area (Å²) < 4.78 is 23.3. The van der Waals surface area contributed by atoms with E-state index in [2.05, 4.69) is 16.0 Å². The summed E-state index contributed by atoms with van der Waals surface area (Å²) in [5.41, 5.74) is 1.16. The molecule has 1 atom stereocenters. The molecule has 1 aliphatic heterocycles. The average molecular weight is 503 g/mol. The molecule has 3 N–H and O–H groups in total. The summed E-state index contributed by atoms with van der Waals surface area (Å²) in [6.45, 7) is 1.98. The quantitative estimate of drug-likeness (QED) is 0.359. The van der Waals surface area contributed by atoms with Crippen LogP contribution in [-0.2, 0) is 9.53 Å². The highest BCUT2D eigenvalue weighted by Gasteiger charge is 2.33. The zero-order chi connectivity index (χ0) is 25.2. The number of rotatable bonds is 9. The third-order valence-electron chi connectivity index (χ3n) is 5.92. The number of piperidine rings is 1. The van der Waals surface area contributed by atoms with Gasteiger partial charge in [-0.2, -0.15) is 0 Å². The number of anilines is 1. The second-order valence-electron chi connectivity index (χ2n) is 8.22. The molecule has 0 aliphatic carbocycles. The minimum Gasteiger partial charge on any atom is -0.497 e. The maximum absolute atomic E-state index is 13.1. The highest BCUT2D eigenvalue weighted by Crippen LogP contribution is 2.23. The molecule has 3 rings (SSSR count). The first-order valence-electron chi connectivity index (χ1n) is 11.4. The highest BCUT2D eigenvalue weighted by molar-refractivity contribution is 7.80. The van der Waals surface area contributed by atoms with E-state index in [0.29, 0.717) is 61.2 Å². The van der Waals surface area contributed by atoms with Crippen molar-refractivity contribution in [3.63, 3.8) is 0 Å². The van der Waals surface area contributed by atoms with Crippen LogP contribution in [0.4, 0.5) is 10.1 Å². The van der Waals surface area contributed by atoms with Crippen LogP contribution in [0, 0.1) is 11.7 Å². The number of methoxy groups -OCH3 is 2. The fraction of sp³-hybridized carbons (Fsp3) is 0.400. The minimum atomic E-state index is -0.692. The van der Waals surface area contributed by atoms with Gasteiger partial charge in [-0.05, 0) is 79.5 Å². The lowest BCUT2D eigenvalue weighted by molar-refractivity contribution is -0.124. The Morgan fingerprint density at radius 3 is 2.34 bits per heavy atom. The number of hydrogen-bond acceptors (Lipinski definition) is 5. The Bertz CT molecular complexity index is 996. The fourth-order valence-electron chi connectivity index (χ4n) is 3.92. The summed E-state index contributed by atoms with van der Waals surface area (Å²) in [5, 5.41) is 9.43. The van der Waals surface area contributed by atoms with Crippen molar-refractivity contribution in [2.75, 3.05) is 45.8 Å². The molecule has 1 saturated heterocycles. The molecule has 0 saturated carbocycles. The Labute approximate surface area is 210 Å². The van der Waals surface area contributed by atoms with Gasteiger partial charge in [-0.3, -0.25) is 9.59 Å². The summed E-state index contributed by atoms with van der Waals surface area (Å²) in [4.78, 5) is 27.9. The third kappa shape index (κ3) is 7.63. The Morgan fingerprint density at radius 1 is 1.09 bits per heavy atom. The topological polar surface area (TPSA) is 91.9 Å². The molecule has 2 amide bonds. The molecule has 10 heteroatoms. The molecule has 0 radical (unpaired) electrons. The summed E-state index contributed by atoms with van der Waals surface area (Å²) >= 11 is 5.52. The van der Waals surface area contributed by atoms with E-state index in [9.17, 15) is 14.0 Å². The van der Waals surface area contributed by atoms with Gasteiger partial charge < -0.3 is 30.3 Å². The number of carbonyl (C=O) groups is 2. The lowest BCUT2D eigenvalue weighted by atomic mass is 9.88. The van der Waals surface area contributed by atoms with Crippen LogP contribution >= 0.6 is 12.2 Å². The molecule has 2 aromatic carbocycles. The molecule has 1 heterocycles. The maximum atomic E-state index is 13.1. The molecule has 35 heavy (non-hydrogen) atoms. The van der Waals surface area contributed by atoms with E-state index in [-0.39, 0.29) is 23.5 Å². The van der Waals surface area contributed by atoms with Gasteiger partial charge in [0.25, 0.3) is 5.91 Å². The van der Waals surface area contributed by atoms with Crippen molar-refractivity contribution in [2.45, 2.75) is 18.9 Å². The van der Waals surface area contributed by atoms with Gasteiger partial charge in [0, 0.05) is 38.0 Å². The average Bonchev–Trinajstić information content (AvgIpc) is 2.88. The number of likely N-dealkylation sites (tertiary alicyclic amines) is 1. The largest absolute Gasteiger partial charge is 0.497 e. The van der Waals surface area contributed by atoms with Crippen LogP contribution in [0.1, 0.15) is 23.2 Å². The number of amides is 2. The summed E-state index contributed by atoms with van der Waals surface area (Å²) in [6.07, 6.45) is 1.33. The molecule has 0 bridgehead atoms. The maximum Gasteiger partial charge on any atom is 0.251 e. The van der Waals surface area contributed by atoms with Crippen LogP contribution in [0.25, 0.3) is 0 Å². The van der Waals surface area contributed by atoms with E-state index in [1.165, 1.54) is 12.1 Å². The van der Waals surface area contributed by atoms with Gasteiger partial charge in [-0.15, -0.1) is 0 Å². The van der Waals surface area contributed by atoms with Crippen molar-refractivity contribution in [3.8, 4) is 5.75 Å². The Morgan fingerprint density at radius 2 is 1.74 bits per heavy atom. The Kier molecular flexibility index (Phi) is 9.80. The van der Waals surface area contributed by atoms with Crippen LogP contribution in [-0.4, -0.2) is 68.3 Å². The van der Waals surface area contributed by atoms with Gasteiger partial charge in [0.2, 0.25) is 5.91 Å². The molecule has 1 fully saturated rings. The minimum absolute atomic E-state index is 0.0652. The number of carbonyl (C=O) groups excluding carboxylic acids is 2. The molecule has 1 aliphatic rings. The normalized spacial score (nSPS) is 14.7. The molecule has 188 valence electrons. The van der Waals surface area contributed by atoms with Gasteiger partial charge in [-0.1, -0.05) is 0 Å². The second-order valence-corrected chi connectivity index (χ2v) is 8.61. The molecular formula is C25H31FN4O4S. The number of ether oxygens (including phenoxy) is 2. The van der Waals surface area contributed by atoms with Gasteiger partial charge >= 0.3 is 0 Å². The fourth-order valence-corrected chi connectivity index (χ4v) is 4.22. The van der Waals surface area contributed by atoms with Crippen molar-refractivity contribution >= 4 is 34.8 Å². The van der Waals surface area contributed by atoms with Crippen LogP contribution in [0.3, 0.4) is 0 Å². The number of halogens is 1.